The van der Waals surface area contributed by atoms with Gasteiger partial charge in [-0.2, -0.15) is 0 Å². The zero-order valence-electron chi connectivity index (χ0n) is 12.4. The van der Waals surface area contributed by atoms with E-state index in [-0.39, 0.29) is 5.56 Å². The number of nitrogens with zero attached hydrogens (tertiary/aromatic N) is 2. The largest absolute Gasteiger partial charge is 0.465 e. The van der Waals surface area contributed by atoms with Crippen LogP contribution in [0.15, 0.2) is 9.79 Å². The molecule has 2 aromatic rings. The second kappa shape index (κ2) is 6.93. The van der Waals surface area contributed by atoms with Gasteiger partial charge < -0.3 is 15.5 Å². The maximum atomic E-state index is 12.2. The molecule has 0 spiro atoms. The maximum absolute atomic E-state index is 12.2. The maximum Gasteiger partial charge on any atom is 0.348 e. The number of H-pyrrole nitrogens is 1. The average molecular weight is 340 g/mol. The number of fused-ring (bicyclic) bond motifs is 1. The monoisotopic (exact) mass is 340 g/mol. The molecule has 9 heteroatoms. The number of rotatable bonds is 4. The van der Waals surface area contributed by atoms with Crippen LogP contribution in [0.25, 0.3) is 10.2 Å². The first-order chi connectivity index (χ1) is 10.5. The minimum Gasteiger partial charge on any atom is -0.465 e. The number of thiophene rings is 1. The van der Waals surface area contributed by atoms with Crippen LogP contribution in [0.2, 0.25) is 0 Å². The number of methoxy groups -OCH3 is 1. The summed E-state index contributed by atoms with van der Waals surface area (Å²) in [6.07, 6.45) is 0. The number of hydrogen-bond acceptors (Lipinski definition) is 7. The van der Waals surface area contributed by atoms with Crippen molar-refractivity contribution in [3.05, 3.63) is 26.6 Å². The highest BCUT2D eigenvalue weighted by Crippen LogP contribution is 2.27. The van der Waals surface area contributed by atoms with Gasteiger partial charge in [0, 0.05) is 6.54 Å². The van der Waals surface area contributed by atoms with Crippen molar-refractivity contribution in [2.24, 2.45) is 10.7 Å². The van der Waals surface area contributed by atoms with Gasteiger partial charge in [0.2, 0.25) is 0 Å². The van der Waals surface area contributed by atoms with Crippen molar-refractivity contribution in [3.63, 3.8) is 0 Å². The minimum atomic E-state index is -0.463. The molecule has 2 rings (SSSR count). The van der Waals surface area contributed by atoms with E-state index in [1.807, 2.05) is 6.92 Å². The third-order valence-corrected chi connectivity index (χ3v) is 4.90. The molecule has 3 N–H and O–H groups in total. The van der Waals surface area contributed by atoms with Crippen molar-refractivity contribution < 1.29 is 9.53 Å². The number of aryl methyl sites for hydroxylation is 1. The van der Waals surface area contributed by atoms with E-state index in [4.69, 9.17) is 10.5 Å². The smallest absolute Gasteiger partial charge is 0.348 e. The van der Waals surface area contributed by atoms with E-state index in [1.54, 1.807) is 6.92 Å². The summed E-state index contributed by atoms with van der Waals surface area (Å²) >= 11 is 2.45. The van der Waals surface area contributed by atoms with Crippen molar-refractivity contribution >= 4 is 44.5 Å². The lowest BCUT2D eigenvalue weighted by Crippen LogP contribution is -2.13. The van der Waals surface area contributed by atoms with E-state index >= 15 is 0 Å². The Balaban J connectivity index is 2.39. The molecule has 2 heterocycles. The predicted molar refractivity (Wildman–Crippen MR) is 89.8 cm³/mol. The molecule has 0 bridgehead atoms. The molecule has 0 atom stereocenters. The van der Waals surface area contributed by atoms with Crippen molar-refractivity contribution in [1.29, 1.82) is 0 Å². The average Bonchev–Trinajstić information content (AvgIpc) is 2.82. The van der Waals surface area contributed by atoms with E-state index in [2.05, 4.69) is 15.0 Å². The Labute approximate surface area is 135 Å². The number of amidine groups is 1. The van der Waals surface area contributed by atoms with E-state index < -0.39 is 5.97 Å². The second-order valence-corrected chi connectivity index (χ2v) is 6.34. The number of aromatic nitrogens is 2. The van der Waals surface area contributed by atoms with Crippen LogP contribution in [-0.2, 0) is 10.5 Å². The molecule has 22 heavy (non-hydrogen) atoms. The number of carbonyl (C=O) groups excluding carboxylic acids is 1. The highest BCUT2D eigenvalue weighted by molar-refractivity contribution is 8.13. The van der Waals surface area contributed by atoms with Crippen molar-refractivity contribution in [3.8, 4) is 0 Å². The van der Waals surface area contributed by atoms with E-state index in [1.165, 1.54) is 18.9 Å². The highest BCUT2D eigenvalue weighted by atomic mass is 32.2. The number of nitrogens with one attached hydrogen (secondary N) is 1. The summed E-state index contributed by atoms with van der Waals surface area (Å²) in [5.74, 6) is 0.440. The first-order valence-corrected chi connectivity index (χ1v) is 8.31. The van der Waals surface area contributed by atoms with Crippen LogP contribution in [0.5, 0.6) is 0 Å². The lowest BCUT2D eigenvalue weighted by molar-refractivity contribution is 0.0605. The Kier molecular flexibility index (Phi) is 5.19. The van der Waals surface area contributed by atoms with Crippen LogP contribution in [0, 0.1) is 6.92 Å². The first kappa shape index (κ1) is 16.5. The van der Waals surface area contributed by atoms with Gasteiger partial charge in [-0.15, -0.1) is 11.3 Å². The van der Waals surface area contributed by atoms with Gasteiger partial charge in [-0.1, -0.05) is 11.8 Å². The van der Waals surface area contributed by atoms with Gasteiger partial charge in [-0.05, 0) is 19.4 Å². The molecule has 0 saturated heterocycles. The summed E-state index contributed by atoms with van der Waals surface area (Å²) in [5.41, 5.74) is 6.02. The second-order valence-electron chi connectivity index (χ2n) is 4.34. The molecule has 7 nitrogen and oxygen atoms in total. The molecule has 0 fully saturated rings. The molecule has 0 aliphatic carbocycles. The summed E-state index contributed by atoms with van der Waals surface area (Å²) in [5, 5.41) is 0.872. The molecule has 0 unspecified atom stereocenters. The standard InChI is InChI=1S/C13H16N4O3S2/c1-4-15-13(14)21-5-7-16-10(18)8-6(2)9(12(19)20-3)22-11(8)17-7/h4-5H2,1-3H3,(H2,14,15)(H,16,17,18). The molecule has 0 aliphatic heterocycles. The fourth-order valence-electron chi connectivity index (χ4n) is 1.89. The van der Waals surface area contributed by atoms with E-state index in [0.717, 1.165) is 11.3 Å². The Morgan fingerprint density at radius 1 is 1.55 bits per heavy atom. The van der Waals surface area contributed by atoms with Crippen molar-refractivity contribution in [1.82, 2.24) is 9.97 Å². The number of carbonyl (C=O) groups is 1. The lowest BCUT2D eigenvalue weighted by atomic mass is 10.2. The van der Waals surface area contributed by atoms with E-state index in [0.29, 0.717) is 43.9 Å². The molecule has 0 aliphatic rings. The number of nitrogens with two attached hydrogens (primary N) is 1. The molecular weight excluding hydrogens is 324 g/mol. The normalized spacial score (nSPS) is 11.9. The number of aliphatic imine (C=N–C) groups is 1. The topological polar surface area (TPSA) is 110 Å². The van der Waals surface area contributed by atoms with Gasteiger partial charge in [0.25, 0.3) is 5.56 Å². The molecule has 0 radical (unpaired) electrons. The summed E-state index contributed by atoms with van der Waals surface area (Å²) in [6, 6.07) is 0. The third-order valence-electron chi connectivity index (χ3n) is 2.89. The molecule has 2 aromatic heterocycles. The Hall–Kier alpha value is -1.87. The summed E-state index contributed by atoms with van der Waals surface area (Å²) < 4.78 is 4.72. The molecular formula is C13H16N4O3S2. The number of ether oxygens (including phenoxy) is 1. The van der Waals surface area contributed by atoms with Crippen molar-refractivity contribution in [2.45, 2.75) is 19.6 Å². The summed E-state index contributed by atoms with van der Waals surface area (Å²) in [4.78, 5) is 36.0. The van der Waals surface area contributed by atoms with Gasteiger partial charge in [0.15, 0.2) is 5.17 Å². The van der Waals surface area contributed by atoms with Gasteiger partial charge in [-0.3, -0.25) is 9.79 Å². The van der Waals surface area contributed by atoms with Gasteiger partial charge in [0.1, 0.15) is 15.5 Å². The van der Waals surface area contributed by atoms with Crippen LogP contribution >= 0.6 is 23.1 Å². The molecule has 0 amide bonds. The number of thioether (sulfide) groups is 1. The molecule has 118 valence electrons. The van der Waals surface area contributed by atoms with Gasteiger partial charge in [0.05, 0.1) is 18.2 Å². The number of hydrogen-bond donors (Lipinski definition) is 2. The zero-order valence-corrected chi connectivity index (χ0v) is 14.1. The minimum absolute atomic E-state index is 0.268. The van der Waals surface area contributed by atoms with Crippen molar-refractivity contribution in [2.75, 3.05) is 13.7 Å². The quantitative estimate of drug-likeness (QED) is 0.497. The molecule has 0 aromatic carbocycles. The van der Waals surface area contributed by atoms with Gasteiger partial charge in [-0.25, -0.2) is 9.78 Å². The van der Waals surface area contributed by atoms with E-state index in [9.17, 15) is 9.59 Å². The zero-order chi connectivity index (χ0) is 16.3. The van der Waals surface area contributed by atoms with Gasteiger partial charge >= 0.3 is 5.97 Å². The Bertz CT molecular complexity index is 794. The first-order valence-electron chi connectivity index (χ1n) is 6.51. The predicted octanol–water partition coefficient (Wildman–Crippen LogP) is 1.65. The molecule has 0 saturated carbocycles. The van der Waals surface area contributed by atoms with Crippen LogP contribution < -0.4 is 11.3 Å². The summed E-state index contributed by atoms with van der Waals surface area (Å²) in [7, 11) is 1.31. The third kappa shape index (κ3) is 3.30. The Morgan fingerprint density at radius 3 is 2.91 bits per heavy atom. The fourth-order valence-corrected chi connectivity index (χ4v) is 3.65. The fraction of sp³-hybridized carbons (Fsp3) is 0.385. The number of esters is 1. The van der Waals surface area contributed by atoms with Crippen LogP contribution in [0.3, 0.4) is 0 Å². The lowest BCUT2D eigenvalue weighted by Gasteiger charge is -2.01. The summed E-state index contributed by atoms with van der Waals surface area (Å²) in [6.45, 7) is 4.21. The van der Waals surface area contributed by atoms with Crippen LogP contribution in [-0.4, -0.2) is 34.8 Å². The van der Waals surface area contributed by atoms with Crippen LogP contribution in [0.4, 0.5) is 0 Å². The van der Waals surface area contributed by atoms with Crippen LogP contribution in [0.1, 0.15) is 28.0 Å². The Morgan fingerprint density at radius 2 is 2.27 bits per heavy atom. The SMILES string of the molecule is CCN=C(N)SCc1nc2sc(C(=O)OC)c(C)c2c(=O)[nH]1. The number of aromatic amines is 1. The highest BCUT2D eigenvalue weighted by Gasteiger charge is 2.19.